The molecular formula is C31H34O15. The highest BCUT2D eigenvalue weighted by Gasteiger charge is 2.54. The fraction of sp³-hybridized carbons (Fsp3) is 0.452. The van der Waals surface area contributed by atoms with E-state index in [1.807, 2.05) is 0 Å². The first-order valence-corrected chi connectivity index (χ1v) is 14.6. The van der Waals surface area contributed by atoms with Crippen LogP contribution in [-0.4, -0.2) is 75.3 Å². The summed E-state index contributed by atoms with van der Waals surface area (Å²) >= 11 is 0. The number of carbonyl (C=O) groups excluding carboxylic acids is 4. The molecule has 0 saturated carbocycles. The van der Waals surface area contributed by atoms with Crippen LogP contribution in [0.3, 0.4) is 0 Å². The van der Waals surface area contributed by atoms with Gasteiger partial charge in [0.2, 0.25) is 5.43 Å². The number of aromatic hydroxyl groups is 4. The molecule has 15 nitrogen and oxygen atoms in total. The lowest BCUT2D eigenvalue weighted by atomic mass is 9.88. The summed E-state index contributed by atoms with van der Waals surface area (Å²) in [5.74, 6) is -5.86. The first kappa shape index (κ1) is 33.8. The standard InChI is InChI=1S/C31H34O15/c1-5-20(35)41-12-19-28(44-21(36)6-2)30(45-22(37)7-3)31(46-23(38)8-4)29(43-19)24-16(34)11-18-25(27(24)40)26(39)13-9-14(32)15(33)10-17(13)42-18/h9-11,19,28-34,40H,5-8,12H2,1-4H3/t19-,28-,29+,30+,31+/m1/s1. The SMILES string of the molecule is CCC(=O)OC[C@H]1O[C@@H](c2c(O)cc3oc4cc(O)c(O)cc4c(=O)c3c2O)[C@H](OC(=O)CC)[C@@H](OC(=O)CC)[C@@H]1OC(=O)CC. The van der Waals surface area contributed by atoms with Crippen LogP contribution in [0.5, 0.6) is 23.0 Å². The first-order valence-electron chi connectivity index (χ1n) is 14.6. The van der Waals surface area contributed by atoms with E-state index >= 15 is 0 Å². The van der Waals surface area contributed by atoms with Crippen molar-refractivity contribution in [3.63, 3.8) is 0 Å². The first-order chi connectivity index (χ1) is 21.8. The molecule has 5 atom stereocenters. The van der Waals surface area contributed by atoms with Gasteiger partial charge in [-0.1, -0.05) is 27.7 Å². The molecule has 2 aromatic carbocycles. The van der Waals surface area contributed by atoms with E-state index in [4.69, 9.17) is 28.1 Å². The number of esters is 4. The summed E-state index contributed by atoms with van der Waals surface area (Å²) < 4.78 is 33.9. The third-order valence-electron chi connectivity index (χ3n) is 7.33. The molecular weight excluding hydrogens is 612 g/mol. The summed E-state index contributed by atoms with van der Waals surface area (Å²) in [4.78, 5) is 63.5. The minimum atomic E-state index is -1.71. The molecule has 4 N–H and O–H groups in total. The fourth-order valence-electron chi connectivity index (χ4n) is 4.97. The van der Waals surface area contributed by atoms with Crippen molar-refractivity contribution in [2.24, 2.45) is 0 Å². The Morgan fingerprint density at radius 1 is 0.696 bits per heavy atom. The van der Waals surface area contributed by atoms with Crippen LogP contribution in [0.2, 0.25) is 0 Å². The maximum absolute atomic E-state index is 13.5. The zero-order chi connectivity index (χ0) is 33.9. The summed E-state index contributed by atoms with van der Waals surface area (Å²) in [7, 11) is 0. The molecule has 3 aromatic rings. The number of hydrogen-bond acceptors (Lipinski definition) is 15. The molecule has 0 spiro atoms. The maximum atomic E-state index is 13.5. The number of phenolic OH excluding ortho intramolecular Hbond substituents is 4. The van der Waals surface area contributed by atoms with Gasteiger partial charge >= 0.3 is 23.9 Å². The minimum absolute atomic E-state index is 0.0239. The van der Waals surface area contributed by atoms with E-state index in [0.29, 0.717) is 0 Å². The van der Waals surface area contributed by atoms with Gasteiger partial charge in [-0.15, -0.1) is 0 Å². The van der Waals surface area contributed by atoms with Gasteiger partial charge in [0, 0.05) is 37.8 Å². The van der Waals surface area contributed by atoms with Crippen LogP contribution in [0.1, 0.15) is 65.0 Å². The van der Waals surface area contributed by atoms with E-state index in [-0.39, 0.29) is 42.2 Å². The second-order valence-corrected chi connectivity index (χ2v) is 10.4. The summed E-state index contributed by atoms with van der Waals surface area (Å²) in [5.41, 5.74) is -1.87. The van der Waals surface area contributed by atoms with Gasteiger partial charge in [-0.2, -0.15) is 0 Å². The summed E-state index contributed by atoms with van der Waals surface area (Å²) in [6.45, 7) is 5.45. The minimum Gasteiger partial charge on any atom is -0.507 e. The van der Waals surface area contributed by atoms with Crippen molar-refractivity contribution >= 4 is 45.8 Å². The number of benzene rings is 2. The van der Waals surface area contributed by atoms with Gasteiger partial charge in [0.05, 0.1) is 10.9 Å². The third kappa shape index (κ3) is 6.63. The van der Waals surface area contributed by atoms with Crippen molar-refractivity contribution in [1.82, 2.24) is 0 Å². The number of fused-ring (bicyclic) bond motifs is 2. The monoisotopic (exact) mass is 646 g/mol. The lowest BCUT2D eigenvalue weighted by molar-refractivity contribution is -0.256. The average Bonchev–Trinajstić information content (AvgIpc) is 3.02. The van der Waals surface area contributed by atoms with Crippen molar-refractivity contribution < 1.29 is 67.7 Å². The molecule has 0 radical (unpaired) electrons. The van der Waals surface area contributed by atoms with E-state index in [0.717, 1.165) is 18.2 Å². The molecule has 15 heteroatoms. The highest BCUT2D eigenvalue weighted by atomic mass is 16.7. The van der Waals surface area contributed by atoms with E-state index < -0.39 is 100 Å². The largest absolute Gasteiger partial charge is 0.507 e. The summed E-state index contributed by atoms with van der Waals surface area (Å²) in [6, 6.07) is 2.88. The van der Waals surface area contributed by atoms with Crippen LogP contribution in [0.25, 0.3) is 21.9 Å². The van der Waals surface area contributed by atoms with Crippen LogP contribution in [0, 0.1) is 0 Å². The molecule has 0 bridgehead atoms. The van der Waals surface area contributed by atoms with E-state index in [1.54, 1.807) is 0 Å². The molecule has 0 aliphatic carbocycles. The van der Waals surface area contributed by atoms with Gasteiger partial charge < -0.3 is 48.5 Å². The molecule has 1 fully saturated rings. The molecule has 46 heavy (non-hydrogen) atoms. The lowest BCUT2D eigenvalue weighted by Crippen LogP contribution is -2.59. The van der Waals surface area contributed by atoms with Crippen LogP contribution in [-0.2, 0) is 42.9 Å². The molecule has 4 rings (SSSR count). The number of phenols is 4. The zero-order valence-corrected chi connectivity index (χ0v) is 25.4. The summed E-state index contributed by atoms with van der Waals surface area (Å²) in [5, 5.41) is 41.9. The van der Waals surface area contributed by atoms with Crippen LogP contribution in [0.4, 0.5) is 0 Å². The molecule has 1 aliphatic rings. The molecule has 1 aliphatic heterocycles. The Labute approximate surface area is 261 Å². The maximum Gasteiger partial charge on any atom is 0.306 e. The van der Waals surface area contributed by atoms with E-state index in [1.165, 1.54) is 27.7 Å². The summed E-state index contributed by atoms with van der Waals surface area (Å²) in [6.07, 6.45) is -8.34. The van der Waals surface area contributed by atoms with Gasteiger partial charge in [0.25, 0.3) is 0 Å². The Bertz CT molecular complexity index is 1720. The predicted octanol–water partition coefficient (Wildman–Crippen LogP) is 3.13. The van der Waals surface area contributed by atoms with Gasteiger partial charge in [-0.25, -0.2) is 0 Å². The van der Waals surface area contributed by atoms with E-state index in [9.17, 15) is 44.4 Å². The van der Waals surface area contributed by atoms with Crippen molar-refractivity contribution in [1.29, 1.82) is 0 Å². The molecule has 248 valence electrons. The molecule has 0 unspecified atom stereocenters. The topological polar surface area (TPSA) is 226 Å². The molecule has 0 amide bonds. The molecule has 1 saturated heterocycles. The Balaban J connectivity index is 1.98. The normalized spacial score (nSPS) is 21.1. The molecule has 1 aromatic heterocycles. The van der Waals surface area contributed by atoms with Gasteiger partial charge in [-0.05, 0) is 6.07 Å². The van der Waals surface area contributed by atoms with Crippen LogP contribution in [0.15, 0.2) is 27.4 Å². The van der Waals surface area contributed by atoms with Gasteiger partial charge in [0.1, 0.15) is 46.9 Å². The highest BCUT2D eigenvalue weighted by Crippen LogP contribution is 2.47. The second kappa shape index (κ2) is 13.9. The Morgan fingerprint density at radius 2 is 1.22 bits per heavy atom. The quantitative estimate of drug-likeness (QED) is 0.107. The van der Waals surface area contributed by atoms with Crippen LogP contribution >= 0.6 is 0 Å². The third-order valence-corrected chi connectivity index (χ3v) is 7.33. The Morgan fingerprint density at radius 3 is 1.80 bits per heavy atom. The number of ether oxygens (including phenoxy) is 5. The van der Waals surface area contributed by atoms with Crippen LogP contribution < -0.4 is 5.43 Å². The van der Waals surface area contributed by atoms with Gasteiger partial charge in [0.15, 0.2) is 29.8 Å². The Kier molecular flexibility index (Phi) is 10.2. The van der Waals surface area contributed by atoms with Crippen molar-refractivity contribution in [3.05, 3.63) is 34.0 Å². The lowest BCUT2D eigenvalue weighted by Gasteiger charge is -2.45. The average molecular weight is 647 g/mol. The smallest absolute Gasteiger partial charge is 0.306 e. The van der Waals surface area contributed by atoms with Crippen molar-refractivity contribution in [3.8, 4) is 23.0 Å². The van der Waals surface area contributed by atoms with E-state index in [2.05, 4.69) is 0 Å². The molecule has 2 heterocycles. The van der Waals surface area contributed by atoms with Crippen molar-refractivity contribution in [2.45, 2.75) is 83.9 Å². The zero-order valence-electron chi connectivity index (χ0n) is 25.4. The fourth-order valence-corrected chi connectivity index (χ4v) is 4.97. The Hall–Kier alpha value is -5.05. The van der Waals surface area contributed by atoms with Crippen molar-refractivity contribution in [2.75, 3.05) is 6.61 Å². The number of hydrogen-bond donors (Lipinski definition) is 4. The highest BCUT2D eigenvalue weighted by molar-refractivity contribution is 5.96. The van der Waals surface area contributed by atoms with Gasteiger partial charge in [-0.3, -0.25) is 24.0 Å². The number of carbonyl (C=O) groups is 4. The predicted molar refractivity (Wildman–Crippen MR) is 156 cm³/mol. The second-order valence-electron chi connectivity index (χ2n) is 10.4. The number of rotatable bonds is 10.